The Balaban J connectivity index is 1.49. The van der Waals surface area contributed by atoms with Crippen LogP contribution in [0.25, 0.3) is 0 Å². The number of hydrogen-bond donors (Lipinski definition) is 1. The van der Waals surface area contributed by atoms with Crippen molar-refractivity contribution in [1.82, 2.24) is 15.1 Å². The summed E-state index contributed by atoms with van der Waals surface area (Å²) in [5.41, 5.74) is 2.57. The van der Waals surface area contributed by atoms with Gasteiger partial charge in [-0.05, 0) is 24.0 Å². The molecule has 1 fully saturated rings. The molecule has 2 heterocycles. The molecule has 0 radical (unpaired) electrons. The van der Waals surface area contributed by atoms with Gasteiger partial charge in [-0.1, -0.05) is 60.7 Å². The molecule has 150 valence electrons. The molecule has 29 heavy (non-hydrogen) atoms. The van der Waals surface area contributed by atoms with E-state index in [0.717, 1.165) is 30.6 Å². The van der Waals surface area contributed by atoms with Crippen LogP contribution in [0.15, 0.2) is 66.9 Å². The Labute approximate surface area is 170 Å². The number of rotatable bonds is 8. The molecule has 1 N–H and O–H groups in total. The monoisotopic (exact) mass is 391 g/mol. The molecule has 1 aliphatic rings. The van der Waals surface area contributed by atoms with E-state index in [2.05, 4.69) is 10.4 Å². The summed E-state index contributed by atoms with van der Waals surface area (Å²) < 4.78 is 13.2. The smallest absolute Gasteiger partial charge is 0.258 e. The minimum atomic E-state index is -0.192. The van der Waals surface area contributed by atoms with E-state index in [4.69, 9.17) is 9.47 Å². The van der Waals surface area contributed by atoms with Crippen LogP contribution in [0.3, 0.4) is 0 Å². The first-order valence-corrected chi connectivity index (χ1v) is 9.96. The van der Waals surface area contributed by atoms with Gasteiger partial charge in [0.15, 0.2) is 0 Å². The Bertz CT molecular complexity index is 919. The molecule has 6 nitrogen and oxygen atoms in total. The first-order chi connectivity index (χ1) is 14.3. The molecule has 1 aliphatic heterocycles. The van der Waals surface area contributed by atoms with Crippen LogP contribution < -0.4 is 10.1 Å². The van der Waals surface area contributed by atoms with Crippen LogP contribution in [-0.2, 0) is 17.9 Å². The Morgan fingerprint density at radius 3 is 2.52 bits per heavy atom. The number of amides is 1. The highest BCUT2D eigenvalue weighted by atomic mass is 16.5. The zero-order valence-corrected chi connectivity index (χ0v) is 16.3. The lowest BCUT2D eigenvalue weighted by Crippen LogP contribution is -2.31. The van der Waals surface area contributed by atoms with Gasteiger partial charge in [0.2, 0.25) is 5.88 Å². The molecule has 1 aromatic heterocycles. The Morgan fingerprint density at radius 1 is 1.10 bits per heavy atom. The number of carbonyl (C=O) groups excluding carboxylic acids is 1. The van der Waals surface area contributed by atoms with E-state index in [9.17, 15) is 4.79 Å². The molecule has 0 aliphatic carbocycles. The van der Waals surface area contributed by atoms with E-state index in [-0.39, 0.29) is 12.0 Å². The summed E-state index contributed by atoms with van der Waals surface area (Å²) >= 11 is 0. The van der Waals surface area contributed by atoms with Gasteiger partial charge >= 0.3 is 0 Å². The summed E-state index contributed by atoms with van der Waals surface area (Å²) in [5.74, 6) is 0.150. The molecule has 1 atom stereocenters. The van der Waals surface area contributed by atoms with E-state index < -0.39 is 0 Å². The SMILES string of the molecule is O=C(NC[C@H]1CCCO1)c1cn(Cc2ccccc2)nc1OCc1ccccc1. The van der Waals surface area contributed by atoms with Crippen LogP contribution in [0.4, 0.5) is 0 Å². The minimum Gasteiger partial charge on any atom is -0.471 e. The minimum absolute atomic E-state index is 0.0898. The third-order valence-electron chi connectivity index (χ3n) is 4.89. The molecule has 4 rings (SSSR count). The molecule has 3 aromatic rings. The van der Waals surface area contributed by atoms with Crippen LogP contribution in [-0.4, -0.2) is 34.9 Å². The van der Waals surface area contributed by atoms with Crippen LogP contribution >= 0.6 is 0 Å². The second kappa shape index (κ2) is 9.39. The molecule has 2 aromatic carbocycles. The zero-order chi connectivity index (χ0) is 19.9. The predicted octanol–water partition coefficient (Wildman–Crippen LogP) is 3.42. The average molecular weight is 391 g/mol. The molecule has 0 bridgehead atoms. The predicted molar refractivity (Wildman–Crippen MR) is 110 cm³/mol. The lowest BCUT2D eigenvalue weighted by Gasteiger charge is -2.11. The van der Waals surface area contributed by atoms with Gasteiger partial charge < -0.3 is 14.8 Å². The lowest BCUT2D eigenvalue weighted by atomic mass is 10.2. The highest BCUT2D eigenvalue weighted by Gasteiger charge is 2.21. The molecule has 6 heteroatoms. The van der Waals surface area contributed by atoms with Crippen LogP contribution in [0.1, 0.15) is 34.3 Å². The Morgan fingerprint density at radius 2 is 1.83 bits per heavy atom. The van der Waals surface area contributed by atoms with Crippen molar-refractivity contribution < 1.29 is 14.3 Å². The fraction of sp³-hybridized carbons (Fsp3) is 0.304. The van der Waals surface area contributed by atoms with Crippen molar-refractivity contribution in [2.45, 2.75) is 32.1 Å². The van der Waals surface area contributed by atoms with Gasteiger partial charge in [0.25, 0.3) is 5.91 Å². The number of benzene rings is 2. The van der Waals surface area contributed by atoms with Gasteiger partial charge in [-0.25, -0.2) is 0 Å². The van der Waals surface area contributed by atoms with E-state index in [1.165, 1.54) is 0 Å². The normalized spacial score (nSPS) is 15.9. The summed E-state index contributed by atoms with van der Waals surface area (Å²) in [4.78, 5) is 12.8. The largest absolute Gasteiger partial charge is 0.471 e. The molecule has 0 unspecified atom stereocenters. The van der Waals surface area contributed by atoms with Crippen molar-refractivity contribution in [3.05, 3.63) is 83.6 Å². The summed E-state index contributed by atoms with van der Waals surface area (Å²) in [6.07, 6.45) is 3.86. The maximum absolute atomic E-state index is 12.8. The van der Waals surface area contributed by atoms with Crippen LogP contribution in [0, 0.1) is 0 Å². The first-order valence-electron chi connectivity index (χ1n) is 9.96. The highest BCUT2D eigenvalue weighted by molar-refractivity contribution is 5.96. The van der Waals surface area contributed by atoms with Gasteiger partial charge in [-0.3, -0.25) is 9.48 Å². The van der Waals surface area contributed by atoms with E-state index in [1.807, 2.05) is 60.7 Å². The molecule has 0 spiro atoms. The molecule has 1 saturated heterocycles. The Hall–Kier alpha value is -3.12. The van der Waals surface area contributed by atoms with Gasteiger partial charge in [0.1, 0.15) is 12.2 Å². The van der Waals surface area contributed by atoms with Crippen molar-refractivity contribution in [3.63, 3.8) is 0 Å². The summed E-state index contributed by atoms with van der Waals surface area (Å²) in [7, 11) is 0. The van der Waals surface area contributed by atoms with E-state index >= 15 is 0 Å². The third kappa shape index (κ3) is 5.23. The van der Waals surface area contributed by atoms with Crippen LogP contribution in [0.2, 0.25) is 0 Å². The maximum Gasteiger partial charge on any atom is 0.258 e. The number of ether oxygens (including phenoxy) is 2. The number of aromatic nitrogens is 2. The summed E-state index contributed by atoms with van der Waals surface area (Å²) in [6.45, 7) is 2.19. The number of nitrogens with one attached hydrogen (secondary N) is 1. The van der Waals surface area contributed by atoms with Crippen molar-refractivity contribution in [2.24, 2.45) is 0 Å². The van der Waals surface area contributed by atoms with Gasteiger partial charge in [0.05, 0.1) is 12.6 Å². The number of hydrogen-bond acceptors (Lipinski definition) is 4. The molecular formula is C23H25N3O3. The lowest BCUT2D eigenvalue weighted by molar-refractivity contribution is 0.0854. The van der Waals surface area contributed by atoms with Crippen LogP contribution in [0.5, 0.6) is 5.88 Å². The zero-order valence-electron chi connectivity index (χ0n) is 16.3. The number of nitrogens with zero attached hydrogens (tertiary/aromatic N) is 2. The second-order valence-corrected chi connectivity index (χ2v) is 7.15. The standard InChI is InChI=1S/C23H25N3O3/c27-22(24-14-20-12-7-13-28-20)21-16-26(15-18-8-3-1-4-9-18)25-23(21)29-17-19-10-5-2-6-11-19/h1-6,8-11,16,20H,7,12-15,17H2,(H,24,27)/t20-/m1/s1. The average Bonchev–Trinajstić information content (AvgIpc) is 3.42. The summed E-state index contributed by atoms with van der Waals surface area (Å²) in [6, 6.07) is 19.9. The third-order valence-corrected chi connectivity index (χ3v) is 4.89. The number of carbonyl (C=O) groups is 1. The van der Waals surface area contributed by atoms with Gasteiger partial charge in [0, 0.05) is 19.3 Å². The summed E-state index contributed by atoms with van der Waals surface area (Å²) in [5, 5.41) is 7.48. The van der Waals surface area contributed by atoms with Crippen molar-refractivity contribution in [1.29, 1.82) is 0 Å². The van der Waals surface area contributed by atoms with Gasteiger partial charge in [-0.2, -0.15) is 0 Å². The fourth-order valence-corrected chi connectivity index (χ4v) is 3.35. The van der Waals surface area contributed by atoms with Crippen molar-refractivity contribution in [3.8, 4) is 5.88 Å². The fourth-order valence-electron chi connectivity index (χ4n) is 3.35. The molecule has 1 amide bonds. The quantitative estimate of drug-likeness (QED) is 0.639. The topological polar surface area (TPSA) is 65.4 Å². The second-order valence-electron chi connectivity index (χ2n) is 7.15. The molecule has 0 saturated carbocycles. The van der Waals surface area contributed by atoms with Crippen molar-refractivity contribution in [2.75, 3.05) is 13.2 Å². The highest BCUT2D eigenvalue weighted by Crippen LogP contribution is 2.19. The Kier molecular flexibility index (Phi) is 6.22. The van der Waals surface area contributed by atoms with Crippen molar-refractivity contribution >= 4 is 5.91 Å². The van der Waals surface area contributed by atoms with E-state index in [0.29, 0.717) is 31.1 Å². The first kappa shape index (κ1) is 19.2. The van der Waals surface area contributed by atoms with Gasteiger partial charge in [-0.15, -0.1) is 5.10 Å². The molecular weight excluding hydrogens is 366 g/mol. The maximum atomic E-state index is 12.8. The van der Waals surface area contributed by atoms with E-state index in [1.54, 1.807) is 10.9 Å².